The van der Waals surface area contributed by atoms with Crippen LogP contribution in [0.3, 0.4) is 0 Å². The molecule has 2 aliphatic rings. The van der Waals surface area contributed by atoms with Crippen LogP contribution in [0.5, 0.6) is 5.75 Å². The molecule has 0 spiro atoms. The van der Waals surface area contributed by atoms with Gasteiger partial charge in [-0.25, -0.2) is 17.8 Å². The molecule has 0 unspecified atom stereocenters. The Hall–Kier alpha value is -3.71. The normalized spacial score (nSPS) is 16.6. The molecule has 40 heavy (non-hydrogen) atoms. The summed E-state index contributed by atoms with van der Waals surface area (Å²) in [5.74, 6) is -0.744. The molecule has 5 rings (SSSR count). The number of ether oxygens (including phenoxy) is 1. The largest absolute Gasteiger partial charge is 0.573 e. The summed E-state index contributed by atoms with van der Waals surface area (Å²) in [6, 6.07) is 13.2. The molecule has 2 N–H and O–H groups in total. The zero-order chi connectivity index (χ0) is 28.5. The Kier molecular flexibility index (Phi) is 7.44. The Morgan fingerprint density at radius 3 is 2.25 bits per heavy atom. The molecule has 2 aromatic carbocycles. The second-order valence-corrected chi connectivity index (χ2v) is 11.5. The van der Waals surface area contributed by atoms with E-state index in [1.165, 1.54) is 24.3 Å². The number of sulfonamides is 1. The highest BCUT2D eigenvalue weighted by molar-refractivity contribution is 7.89. The zero-order valence-electron chi connectivity index (χ0n) is 21.2. The van der Waals surface area contributed by atoms with E-state index < -0.39 is 33.6 Å². The van der Waals surface area contributed by atoms with E-state index in [1.807, 2.05) is 6.07 Å². The van der Waals surface area contributed by atoms with Gasteiger partial charge in [-0.3, -0.25) is 4.79 Å². The Bertz CT molecular complexity index is 1490. The van der Waals surface area contributed by atoms with E-state index in [4.69, 9.17) is 4.98 Å². The lowest BCUT2D eigenvalue weighted by molar-refractivity contribution is -0.274. The minimum absolute atomic E-state index is 0.0739. The third-order valence-corrected chi connectivity index (χ3v) is 8.33. The van der Waals surface area contributed by atoms with E-state index in [0.717, 1.165) is 50.2 Å². The third-order valence-electron chi connectivity index (χ3n) is 6.78. The van der Waals surface area contributed by atoms with Crippen LogP contribution in [0.1, 0.15) is 31.2 Å². The molecule has 0 bridgehead atoms. The van der Waals surface area contributed by atoms with Gasteiger partial charge in [0.2, 0.25) is 15.9 Å². The first kappa shape index (κ1) is 27.8. The molecule has 8 nitrogen and oxygen atoms in total. The van der Waals surface area contributed by atoms with Crippen molar-refractivity contribution in [2.45, 2.75) is 49.0 Å². The van der Waals surface area contributed by atoms with Crippen LogP contribution in [0.4, 0.5) is 23.4 Å². The van der Waals surface area contributed by atoms with Crippen molar-refractivity contribution < 1.29 is 35.5 Å². The molecule has 0 radical (unpaired) electrons. The molecule has 1 aliphatic heterocycles. The predicted molar refractivity (Wildman–Crippen MR) is 138 cm³/mol. The summed E-state index contributed by atoms with van der Waals surface area (Å²) in [7, 11) is -4.05. The highest BCUT2D eigenvalue weighted by atomic mass is 32.2. The Morgan fingerprint density at radius 2 is 1.65 bits per heavy atom. The number of alkyl halides is 3. The monoisotopic (exact) mass is 578 g/mol. The maximum Gasteiger partial charge on any atom is 0.573 e. The highest BCUT2D eigenvalue weighted by Crippen LogP contribution is 2.37. The number of halogens is 4. The van der Waals surface area contributed by atoms with Gasteiger partial charge in [-0.2, -0.15) is 4.72 Å². The maximum atomic E-state index is 13.2. The summed E-state index contributed by atoms with van der Waals surface area (Å²) in [6.07, 6.45) is -2.18. The second kappa shape index (κ2) is 10.7. The molecule has 1 aliphatic carbocycles. The first-order valence-corrected chi connectivity index (χ1v) is 14.1. The van der Waals surface area contributed by atoms with Crippen LogP contribution < -0.4 is 19.7 Å². The fraction of sp³-hybridized carbons (Fsp3) is 0.333. The van der Waals surface area contributed by atoms with E-state index in [-0.39, 0.29) is 17.2 Å². The molecule has 1 saturated heterocycles. The number of benzene rings is 2. The van der Waals surface area contributed by atoms with Crippen molar-refractivity contribution in [1.29, 1.82) is 0 Å². The number of pyridine rings is 1. The van der Waals surface area contributed by atoms with Crippen molar-refractivity contribution in [3.05, 3.63) is 72.0 Å². The van der Waals surface area contributed by atoms with Crippen LogP contribution >= 0.6 is 0 Å². The minimum Gasteiger partial charge on any atom is -0.406 e. The summed E-state index contributed by atoms with van der Waals surface area (Å²) in [5, 5.41) is 2.80. The van der Waals surface area contributed by atoms with Gasteiger partial charge in [0.15, 0.2) is 0 Å². The average molecular weight is 579 g/mol. The fourth-order valence-corrected chi connectivity index (χ4v) is 5.96. The van der Waals surface area contributed by atoms with Crippen LogP contribution in [0.25, 0.3) is 11.3 Å². The van der Waals surface area contributed by atoms with E-state index in [1.54, 1.807) is 6.07 Å². The summed E-state index contributed by atoms with van der Waals surface area (Å²) >= 11 is 0. The van der Waals surface area contributed by atoms with Gasteiger partial charge >= 0.3 is 6.36 Å². The first-order chi connectivity index (χ1) is 18.9. The lowest BCUT2D eigenvalue weighted by atomic mass is 10.1. The number of aromatic nitrogens is 1. The molecule has 1 amide bonds. The number of rotatable bonds is 9. The van der Waals surface area contributed by atoms with Crippen molar-refractivity contribution in [3.8, 4) is 17.0 Å². The van der Waals surface area contributed by atoms with Crippen LogP contribution in [-0.2, 0) is 21.4 Å². The minimum atomic E-state index is -4.80. The van der Waals surface area contributed by atoms with Gasteiger partial charge in [-0.15, -0.1) is 13.2 Å². The van der Waals surface area contributed by atoms with Crippen LogP contribution in [0.15, 0.2) is 65.6 Å². The van der Waals surface area contributed by atoms with Crippen LogP contribution in [-0.4, -0.2) is 44.3 Å². The fourth-order valence-electron chi connectivity index (χ4n) is 4.54. The lowest BCUT2D eigenvalue weighted by Crippen LogP contribution is -2.48. The molecule has 1 saturated carbocycles. The average Bonchev–Trinajstić information content (AvgIpc) is 3.45. The number of amides is 1. The Balaban J connectivity index is 1.33. The maximum absolute atomic E-state index is 13.2. The van der Waals surface area contributed by atoms with Crippen molar-refractivity contribution in [3.63, 3.8) is 0 Å². The number of hydrogen-bond acceptors (Lipinski definition) is 6. The molecular formula is C27H26F4N4O4S. The molecule has 212 valence electrons. The summed E-state index contributed by atoms with van der Waals surface area (Å²) < 4.78 is 82.8. The molecule has 2 heterocycles. The van der Waals surface area contributed by atoms with E-state index >= 15 is 0 Å². The second-order valence-electron chi connectivity index (χ2n) is 9.81. The molecule has 2 fully saturated rings. The van der Waals surface area contributed by atoms with Crippen molar-refractivity contribution >= 4 is 21.7 Å². The molecule has 1 aromatic heterocycles. The summed E-state index contributed by atoms with van der Waals surface area (Å²) in [5.41, 5.74) is 0.460. The van der Waals surface area contributed by atoms with Crippen LogP contribution in [0.2, 0.25) is 0 Å². The molecule has 3 aromatic rings. The van der Waals surface area contributed by atoms with Gasteiger partial charge in [-0.05, 0) is 91.9 Å². The molecule has 13 heteroatoms. The van der Waals surface area contributed by atoms with Gasteiger partial charge < -0.3 is 15.0 Å². The summed E-state index contributed by atoms with van der Waals surface area (Å²) in [4.78, 5) is 19.7. The number of carbonyl (C=O) groups excluding carboxylic acids is 1. The van der Waals surface area contributed by atoms with Gasteiger partial charge in [0.25, 0.3) is 0 Å². The Labute approximate surface area is 228 Å². The van der Waals surface area contributed by atoms with Gasteiger partial charge in [-0.1, -0.05) is 0 Å². The smallest absolute Gasteiger partial charge is 0.406 e. The van der Waals surface area contributed by atoms with E-state index in [9.17, 15) is 30.8 Å². The topological polar surface area (TPSA) is 101 Å². The Morgan fingerprint density at radius 1 is 1.00 bits per heavy atom. The number of nitrogens with zero attached hydrogens (tertiary/aromatic N) is 2. The quantitative estimate of drug-likeness (QED) is 0.363. The predicted octanol–water partition coefficient (Wildman–Crippen LogP) is 4.51. The van der Waals surface area contributed by atoms with E-state index in [2.05, 4.69) is 19.7 Å². The number of nitrogens with one attached hydrogen (secondary N) is 2. The number of hydrogen-bond donors (Lipinski definition) is 2. The van der Waals surface area contributed by atoms with Gasteiger partial charge in [0.1, 0.15) is 22.9 Å². The zero-order valence-corrected chi connectivity index (χ0v) is 22.0. The molecular weight excluding hydrogens is 552 g/mol. The SMILES string of the molecule is O=C(NCc1cc(-c2ccc(OC(F)(F)F)cc2)nc(N2CCCC2)c1)C1(NS(=O)(=O)c2ccc(F)cc2)CC1. The lowest BCUT2D eigenvalue weighted by Gasteiger charge is -2.20. The highest BCUT2D eigenvalue weighted by Gasteiger charge is 2.52. The van der Waals surface area contributed by atoms with Crippen molar-refractivity contribution in [2.75, 3.05) is 18.0 Å². The van der Waals surface area contributed by atoms with Gasteiger partial charge in [0.05, 0.1) is 10.6 Å². The van der Waals surface area contributed by atoms with Crippen molar-refractivity contribution in [1.82, 2.24) is 15.0 Å². The third kappa shape index (κ3) is 6.53. The molecule has 0 atom stereocenters. The van der Waals surface area contributed by atoms with Crippen LogP contribution in [0, 0.1) is 5.82 Å². The van der Waals surface area contributed by atoms with Crippen molar-refractivity contribution in [2.24, 2.45) is 0 Å². The standard InChI is InChI=1S/C27H26F4N4O4S/c28-20-5-9-22(10-6-20)40(37,38)34-26(11-12-26)25(36)32-17-18-15-23(33-24(16-18)35-13-1-2-14-35)19-3-7-21(8-4-19)39-27(29,30)31/h3-10,15-16,34H,1-2,11-14,17H2,(H,32,36). The number of carbonyl (C=O) groups is 1. The first-order valence-electron chi connectivity index (χ1n) is 12.6. The van der Waals surface area contributed by atoms with Gasteiger partial charge in [0, 0.05) is 25.2 Å². The number of anilines is 1. The summed E-state index contributed by atoms with van der Waals surface area (Å²) in [6.45, 7) is 1.67. The van der Waals surface area contributed by atoms with E-state index in [0.29, 0.717) is 35.5 Å².